The Morgan fingerprint density at radius 2 is 1.84 bits per heavy atom. The van der Waals surface area contributed by atoms with Crippen LogP contribution < -0.4 is 4.90 Å². The van der Waals surface area contributed by atoms with E-state index in [4.69, 9.17) is 11.6 Å². The molecule has 1 saturated heterocycles. The monoisotopic (exact) mass is 305 g/mol. The van der Waals surface area contributed by atoms with E-state index in [-0.39, 0.29) is 34.8 Å². The Morgan fingerprint density at radius 3 is 2.47 bits per heavy atom. The van der Waals surface area contributed by atoms with Crippen molar-refractivity contribution < 1.29 is 18.6 Å². The molecule has 2 N–H and O–H groups in total. The second kappa shape index (κ2) is 4.27. The summed E-state index contributed by atoms with van der Waals surface area (Å²) in [6.45, 7) is 0.243. The van der Waals surface area contributed by atoms with Crippen LogP contribution in [0.5, 0.6) is 0 Å². The summed E-state index contributed by atoms with van der Waals surface area (Å²) in [5.74, 6) is 0.173. The summed E-state index contributed by atoms with van der Waals surface area (Å²) in [5.41, 5.74) is 0.408. The molecule has 0 saturated carbocycles. The first kappa shape index (κ1) is 13.0. The largest absolute Gasteiger partial charge is 0.389 e. The Kier molecular flexibility index (Phi) is 2.93. The van der Waals surface area contributed by atoms with Gasteiger partial charge in [-0.25, -0.2) is 13.4 Å². The zero-order valence-corrected chi connectivity index (χ0v) is 11.4. The number of sulfone groups is 1. The standard InChI is InChI=1S/C10H12ClN3O4S/c11-10-12-5-1-2-19(17,18)8(5)9(13-10)14-3-6(15)7(16)4-14/h6-7,15-16H,1-4H2. The molecule has 0 bridgehead atoms. The first-order valence-electron chi connectivity index (χ1n) is 5.79. The molecule has 2 atom stereocenters. The Morgan fingerprint density at radius 1 is 1.21 bits per heavy atom. The lowest BCUT2D eigenvalue weighted by molar-refractivity contribution is 0.0572. The van der Waals surface area contributed by atoms with E-state index in [2.05, 4.69) is 9.97 Å². The van der Waals surface area contributed by atoms with Crippen LogP contribution in [0, 0.1) is 0 Å². The maximum Gasteiger partial charge on any atom is 0.224 e. The van der Waals surface area contributed by atoms with Crippen LogP contribution in [0.3, 0.4) is 0 Å². The molecule has 19 heavy (non-hydrogen) atoms. The minimum absolute atomic E-state index is 0.0106. The van der Waals surface area contributed by atoms with E-state index >= 15 is 0 Å². The number of fused-ring (bicyclic) bond motifs is 1. The Labute approximate surface area is 114 Å². The Bertz CT molecular complexity index is 626. The normalized spacial score (nSPS) is 28.7. The maximum absolute atomic E-state index is 12.0. The van der Waals surface area contributed by atoms with Gasteiger partial charge in [-0.15, -0.1) is 0 Å². The molecule has 1 fully saturated rings. The average Bonchev–Trinajstić information content (AvgIpc) is 2.80. The zero-order chi connectivity index (χ0) is 13.8. The highest BCUT2D eigenvalue weighted by Crippen LogP contribution is 2.34. The highest BCUT2D eigenvalue weighted by atomic mass is 35.5. The molecule has 0 radical (unpaired) electrons. The number of hydrogen-bond acceptors (Lipinski definition) is 7. The Balaban J connectivity index is 2.13. The van der Waals surface area contributed by atoms with Crippen LogP contribution in [0.25, 0.3) is 0 Å². The summed E-state index contributed by atoms with van der Waals surface area (Å²) in [6.07, 6.45) is -1.53. The molecule has 0 aliphatic carbocycles. The summed E-state index contributed by atoms with van der Waals surface area (Å²) >= 11 is 5.80. The summed E-state index contributed by atoms with van der Waals surface area (Å²) in [7, 11) is -3.41. The van der Waals surface area contributed by atoms with Gasteiger partial charge in [-0.1, -0.05) is 0 Å². The molecule has 0 amide bonds. The van der Waals surface area contributed by atoms with Crippen molar-refractivity contribution in [3.63, 3.8) is 0 Å². The lowest BCUT2D eigenvalue weighted by atomic mass is 10.3. The van der Waals surface area contributed by atoms with Gasteiger partial charge in [0, 0.05) is 19.5 Å². The van der Waals surface area contributed by atoms with E-state index in [1.807, 2.05) is 0 Å². The molecule has 0 spiro atoms. The first-order valence-corrected chi connectivity index (χ1v) is 7.82. The van der Waals surface area contributed by atoms with E-state index in [9.17, 15) is 18.6 Å². The fourth-order valence-corrected chi connectivity index (χ4v) is 4.24. The van der Waals surface area contributed by atoms with Gasteiger partial charge in [-0.3, -0.25) is 0 Å². The number of rotatable bonds is 1. The number of aliphatic hydroxyl groups excluding tert-OH is 2. The summed E-state index contributed by atoms with van der Waals surface area (Å²) in [6, 6.07) is 0. The number of hydrogen-bond donors (Lipinski definition) is 2. The van der Waals surface area contributed by atoms with Gasteiger partial charge in [-0.05, 0) is 11.6 Å². The van der Waals surface area contributed by atoms with Crippen molar-refractivity contribution in [2.45, 2.75) is 23.5 Å². The van der Waals surface area contributed by atoms with Crippen molar-refractivity contribution in [2.24, 2.45) is 0 Å². The van der Waals surface area contributed by atoms with Crippen LogP contribution in [0.1, 0.15) is 5.69 Å². The third-order valence-corrected chi connectivity index (χ3v) is 5.32. The quantitative estimate of drug-likeness (QED) is 0.641. The minimum Gasteiger partial charge on any atom is -0.389 e. The zero-order valence-electron chi connectivity index (χ0n) is 9.82. The number of anilines is 1. The van der Waals surface area contributed by atoms with E-state index in [1.165, 1.54) is 4.90 Å². The Hall–Kier alpha value is -0.960. The van der Waals surface area contributed by atoms with Crippen LogP contribution in [0.4, 0.5) is 5.82 Å². The lowest BCUT2D eigenvalue weighted by Gasteiger charge is -2.19. The van der Waals surface area contributed by atoms with Gasteiger partial charge in [0.05, 0.1) is 23.7 Å². The predicted molar refractivity (Wildman–Crippen MR) is 67.0 cm³/mol. The highest BCUT2D eigenvalue weighted by Gasteiger charge is 2.38. The van der Waals surface area contributed by atoms with Gasteiger partial charge in [0.15, 0.2) is 15.7 Å². The number of aromatic nitrogens is 2. The highest BCUT2D eigenvalue weighted by molar-refractivity contribution is 7.91. The van der Waals surface area contributed by atoms with Gasteiger partial charge in [0.1, 0.15) is 4.90 Å². The summed E-state index contributed by atoms with van der Waals surface area (Å²) in [5, 5.41) is 19.1. The van der Waals surface area contributed by atoms with Crippen molar-refractivity contribution in [3.05, 3.63) is 11.0 Å². The van der Waals surface area contributed by atoms with Crippen LogP contribution in [0.15, 0.2) is 4.90 Å². The third kappa shape index (κ3) is 2.08. The first-order chi connectivity index (χ1) is 8.88. The van der Waals surface area contributed by atoms with E-state index in [0.717, 1.165) is 0 Å². The summed E-state index contributed by atoms with van der Waals surface area (Å²) < 4.78 is 24.1. The molecule has 104 valence electrons. The fourth-order valence-electron chi connectivity index (χ4n) is 2.43. The van der Waals surface area contributed by atoms with Crippen molar-refractivity contribution in [1.82, 2.24) is 9.97 Å². The molecule has 7 nitrogen and oxygen atoms in total. The molecule has 1 aromatic rings. The number of aryl methyl sites for hydroxylation is 1. The predicted octanol–water partition coefficient (Wildman–Crippen LogP) is -0.998. The van der Waals surface area contributed by atoms with Crippen LogP contribution in [-0.4, -0.2) is 59.6 Å². The number of β-amino-alcohol motifs (C(OH)–C–C–N with tert-alkyl or cyclic N) is 2. The molecule has 1 aromatic heterocycles. The minimum atomic E-state index is -3.41. The number of aliphatic hydroxyl groups is 2. The molecule has 3 rings (SSSR count). The van der Waals surface area contributed by atoms with Gasteiger partial charge in [-0.2, -0.15) is 4.98 Å². The SMILES string of the molecule is O=S1(=O)CCc2nc(Cl)nc(N3CC(O)C(O)C3)c21. The topological polar surface area (TPSA) is 104 Å². The summed E-state index contributed by atoms with van der Waals surface area (Å²) in [4.78, 5) is 9.53. The molecular weight excluding hydrogens is 294 g/mol. The molecule has 2 unspecified atom stereocenters. The van der Waals surface area contributed by atoms with Crippen molar-refractivity contribution in [3.8, 4) is 0 Å². The molecule has 3 heterocycles. The molecule has 9 heteroatoms. The third-order valence-electron chi connectivity index (χ3n) is 3.37. The second-order valence-electron chi connectivity index (χ2n) is 4.70. The van der Waals surface area contributed by atoms with Gasteiger partial charge in [0.25, 0.3) is 0 Å². The van der Waals surface area contributed by atoms with Gasteiger partial charge >= 0.3 is 0 Å². The molecule has 2 aliphatic rings. The molecular formula is C10H12ClN3O4S. The second-order valence-corrected chi connectivity index (χ2v) is 7.08. The molecule has 2 aliphatic heterocycles. The van der Waals surface area contributed by atoms with Gasteiger partial charge < -0.3 is 15.1 Å². The van der Waals surface area contributed by atoms with Crippen LogP contribution in [0.2, 0.25) is 5.28 Å². The number of nitrogens with zero attached hydrogens (tertiary/aromatic N) is 3. The maximum atomic E-state index is 12.0. The number of halogens is 1. The van der Waals surface area contributed by atoms with Crippen molar-refractivity contribution in [1.29, 1.82) is 0 Å². The van der Waals surface area contributed by atoms with E-state index in [1.54, 1.807) is 0 Å². The van der Waals surface area contributed by atoms with Crippen LogP contribution >= 0.6 is 11.6 Å². The lowest BCUT2D eigenvalue weighted by Crippen LogP contribution is -2.24. The fraction of sp³-hybridized carbons (Fsp3) is 0.600. The van der Waals surface area contributed by atoms with Crippen molar-refractivity contribution in [2.75, 3.05) is 23.7 Å². The molecule has 0 aromatic carbocycles. The van der Waals surface area contributed by atoms with Crippen LogP contribution in [-0.2, 0) is 16.3 Å². The smallest absolute Gasteiger partial charge is 0.224 e. The average molecular weight is 306 g/mol. The van der Waals surface area contributed by atoms with E-state index in [0.29, 0.717) is 12.1 Å². The van der Waals surface area contributed by atoms with Gasteiger partial charge in [0.2, 0.25) is 5.28 Å². The van der Waals surface area contributed by atoms with Crippen molar-refractivity contribution >= 4 is 27.3 Å². The van der Waals surface area contributed by atoms with E-state index < -0.39 is 22.0 Å².